The lowest BCUT2D eigenvalue weighted by molar-refractivity contribution is 0.157. The molecule has 0 amide bonds. The predicted molar refractivity (Wildman–Crippen MR) is 59.8 cm³/mol. The van der Waals surface area contributed by atoms with Gasteiger partial charge in [-0.1, -0.05) is 38.7 Å². The topological polar surface area (TPSA) is 0 Å². The van der Waals surface area contributed by atoms with Crippen LogP contribution in [0.1, 0.15) is 59.3 Å². The molecule has 0 radical (unpaired) electrons. The Labute approximate surface area is 83.4 Å². The van der Waals surface area contributed by atoms with Crippen molar-refractivity contribution in [3.05, 3.63) is 12.2 Å². The van der Waals surface area contributed by atoms with Gasteiger partial charge in [0.25, 0.3) is 0 Å². The van der Waals surface area contributed by atoms with Gasteiger partial charge in [0.15, 0.2) is 0 Å². The molecule has 0 atom stereocenters. The summed E-state index contributed by atoms with van der Waals surface area (Å²) in [6, 6.07) is 0. The Bertz CT molecular complexity index is 170. The van der Waals surface area contributed by atoms with Crippen molar-refractivity contribution in [3.8, 4) is 0 Å². The highest BCUT2D eigenvalue weighted by Crippen LogP contribution is 2.41. The van der Waals surface area contributed by atoms with Crippen molar-refractivity contribution in [2.75, 3.05) is 0 Å². The van der Waals surface area contributed by atoms with Gasteiger partial charge in [-0.15, -0.1) is 6.58 Å². The van der Waals surface area contributed by atoms with Gasteiger partial charge in [-0.3, -0.25) is 0 Å². The third-order valence-corrected chi connectivity index (χ3v) is 3.47. The molecule has 0 heteroatoms. The molecule has 0 aromatic rings. The van der Waals surface area contributed by atoms with Crippen LogP contribution in [0.3, 0.4) is 0 Å². The summed E-state index contributed by atoms with van der Waals surface area (Å²) in [5, 5.41) is 0. The Hall–Kier alpha value is -0.260. The van der Waals surface area contributed by atoms with Crippen molar-refractivity contribution in [1.82, 2.24) is 0 Å². The number of hydrogen-bond acceptors (Lipinski definition) is 0. The summed E-state index contributed by atoms with van der Waals surface area (Å²) in [4.78, 5) is 0. The first kappa shape index (κ1) is 10.8. The Morgan fingerprint density at radius 2 is 1.77 bits per heavy atom. The maximum absolute atomic E-state index is 4.04. The molecular formula is C13H24. The van der Waals surface area contributed by atoms with Crippen molar-refractivity contribution < 1.29 is 0 Å². The quantitative estimate of drug-likeness (QED) is 0.558. The zero-order valence-electron chi connectivity index (χ0n) is 9.53. The highest BCUT2D eigenvalue weighted by Gasteiger charge is 2.30. The van der Waals surface area contributed by atoms with Crippen LogP contribution in [0.25, 0.3) is 0 Å². The SMILES string of the molecule is C=C(C)CC(C)(C)C1CCCCC1. The van der Waals surface area contributed by atoms with E-state index in [1.54, 1.807) is 0 Å². The molecule has 1 rings (SSSR count). The van der Waals surface area contributed by atoms with E-state index in [4.69, 9.17) is 0 Å². The fraction of sp³-hybridized carbons (Fsp3) is 0.846. The van der Waals surface area contributed by atoms with Gasteiger partial charge in [0.1, 0.15) is 0 Å². The maximum Gasteiger partial charge on any atom is -0.0271 e. The second kappa shape index (κ2) is 4.30. The van der Waals surface area contributed by atoms with Crippen molar-refractivity contribution in [3.63, 3.8) is 0 Å². The summed E-state index contributed by atoms with van der Waals surface area (Å²) in [6.07, 6.45) is 8.45. The average molecular weight is 180 g/mol. The lowest BCUT2D eigenvalue weighted by Gasteiger charge is -2.37. The normalized spacial score (nSPS) is 20.2. The lowest BCUT2D eigenvalue weighted by Crippen LogP contribution is -2.26. The molecule has 0 aromatic heterocycles. The number of rotatable bonds is 3. The second-order valence-electron chi connectivity index (χ2n) is 5.46. The van der Waals surface area contributed by atoms with E-state index in [0.29, 0.717) is 5.41 Å². The van der Waals surface area contributed by atoms with E-state index in [1.807, 2.05) is 0 Å². The Kier molecular flexibility index (Phi) is 3.58. The molecular weight excluding hydrogens is 156 g/mol. The van der Waals surface area contributed by atoms with Crippen molar-refractivity contribution in [2.24, 2.45) is 11.3 Å². The first-order valence-corrected chi connectivity index (χ1v) is 5.67. The van der Waals surface area contributed by atoms with E-state index in [9.17, 15) is 0 Å². The zero-order chi connectivity index (χ0) is 9.90. The van der Waals surface area contributed by atoms with Gasteiger partial charge in [-0.25, -0.2) is 0 Å². The van der Waals surface area contributed by atoms with Crippen molar-refractivity contribution in [1.29, 1.82) is 0 Å². The summed E-state index contributed by atoms with van der Waals surface area (Å²) in [5.74, 6) is 0.943. The molecule has 0 unspecified atom stereocenters. The monoisotopic (exact) mass is 180 g/mol. The van der Waals surface area contributed by atoms with Gasteiger partial charge in [0, 0.05) is 0 Å². The van der Waals surface area contributed by atoms with E-state index in [0.717, 1.165) is 5.92 Å². The van der Waals surface area contributed by atoms with Crippen LogP contribution in [0.4, 0.5) is 0 Å². The van der Waals surface area contributed by atoms with Crippen molar-refractivity contribution >= 4 is 0 Å². The third-order valence-electron chi connectivity index (χ3n) is 3.47. The Morgan fingerprint density at radius 3 is 2.23 bits per heavy atom. The first-order chi connectivity index (χ1) is 6.02. The molecule has 1 fully saturated rings. The summed E-state index contributed by atoms with van der Waals surface area (Å²) < 4.78 is 0. The first-order valence-electron chi connectivity index (χ1n) is 5.67. The van der Waals surface area contributed by atoms with Crippen LogP contribution in [-0.2, 0) is 0 Å². The minimum absolute atomic E-state index is 0.492. The molecule has 0 bridgehead atoms. The molecule has 1 saturated carbocycles. The van der Waals surface area contributed by atoms with Crippen LogP contribution in [0.15, 0.2) is 12.2 Å². The molecule has 0 N–H and O–H groups in total. The lowest BCUT2D eigenvalue weighted by atomic mass is 9.68. The molecule has 0 saturated heterocycles. The summed E-state index contributed by atoms with van der Waals surface area (Å²) >= 11 is 0. The highest BCUT2D eigenvalue weighted by atomic mass is 14.3. The van der Waals surface area contributed by atoms with Gasteiger partial charge in [0.05, 0.1) is 0 Å². The summed E-state index contributed by atoms with van der Waals surface area (Å²) in [6.45, 7) is 11.0. The van der Waals surface area contributed by atoms with Crippen LogP contribution in [0.2, 0.25) is 0 Å². The molecule has 1 aliphatic carbocycles. The maximum atomic E-state index is 4.04. The fourth-order valence-electron chi connectivity index (χ4n) is 2.81. The third kappa shape index (κ3) is 3.17. The van der Waals surface area contributed by atoms with E-state index in [2.05, 4.69) is 27.4 Å². The van der Waals surface area contributed by atoms with E-state index >= 15 is 0 Å². The zero-order valence-corrected chi connectivity index (χ0v) is 9.53. The minimum atomic E-state index is 0.492. The van der Waals surface area contributed by atoms with Crippen LogP contribution in [0.5, 0.6) is 0 Å². The van der Waals surface area contributed by atoms with Crippen LogP contribution < -0.4 is 0 Å². The minimum Gasteiger partial charge on any atom is -0.100 e. The van der Waals surface area contributed by atoms with Gasteiger partial charge in [-0.05, 0) is 37.5 Å². The van der Waals surface area contributed by atoms with E-state index in [1.165, 1.54) is 44.1 Å². The molecule has 0 aromatic carbocycles. The fourth-order valence-corrected chi connectivity index (χ4v) is 2.81. The van der Waals surface area contributed by atoms with Gasteiger partial charge >= 0.3 is 0 Å². The molecule has 1 aliphatic rings. The van der Waals surface area contributed by atoms with Crippen LogP contribution in [0, 0.1) is 11.3 Å². The second-order valence-corrected chi connectivity index (χ2v) is 5.46. The Morgan fingerprint density at radius 1 is 1.23 bits per heavy atom. The van der Waals surface area contributed by atoms with Gasteiger partial charge in [-0.2, -0.15) is 0 Å². The standard InChI is InChI=1S/C13H24/c1-11(2)10-13(3,4)12-8-6-5-7-9-12/h12H,1,5-10H2,2-4H3. The van der Waals surface area contributed by atoms with Crippen LogP contribution in [-0.4, -0.2) is 0 Å². The smallest absolute Gasteiger partial charge is 0.0271 e. The molecule has 0 nitrogen and oxygen atoms in total. The van der Waals surface area contributed by atoms with Crippen LogP contribution >= 0.6 is 0 Å². The summed E-state index contributed by atoms with van der Waals surface area (Å²) in [7, 11) is 0. The summed E-state index contributed by atoms with van der Waals surface area (Å²) in [5.41, 5.74) is 1.84. The number of hydrogen-bond donors (Lipinski definition) is 0. The molecule has 13 heavy (non-hydrogen) atoms. The largest absolute Gasteiger partial charge is 0.100 e. The molecule has 0 spiro atoms. The molecule has 0 aliphatic heterocycles. The molecule has 0 heterocycles. The van der Waals surface area contributed by atoms with Crippen molar-refractivity contribution in [2.45, 2.75) is 59.3 Å². The van der Waals surface area contributed by atoms with Gasteiger partial charge < -0.3 is 0 Å². The average Bonchev–Trinajstić information content (AvgIpc) is 2.04. The number of allylic oxidation sites excluding steroid dienone is 1. The van der Waals surface area contributed by atoms with E-state index in [-0.39, 0.29) is 0 Å². The van der Waals surface area contributed by atoms with Gasteiger partial charge in [0.2, 0.25) is 0 Å². The Balaban J connectivity index is 2.50. The molecule has 76 valence electrons. The highest BCUT2D eigenvalue weighted by molar-refractivity contribution is 4.96. The predicted octanol–water partition coefficient (Wildman–Crippen LogP) is 4.56. The van der Waals surface area contributed by atoms with E-state index < -0.39 is 0 Å².